The Bertz CT molecular complexity index is 307. The zero-order chi connectivity index (χ0) is 16.4. The van der Waals surface area contributed by atoms with E-state index in [4.69, 9.17) is 4.74 Å². The number of hydrogen-bond acceptors (Lipinski definition) is 2. The van der Waals surface area contributed by atoms with Gasteiger partial charge in [-0.05, 0) is 62.2 Å². The van der Waals surface area contributed by atoms with Crippen LogP contribution in [0.2, 0.25) is 0 Å². The Morgan fingerprint density at radius 2 is 1.30 bits per heavy atom. The zero-order valence-electron chi connectivity index (χ0n) is 15.0. The molecule has 2 fully saturated rings. The lowest BCUT2D eigenvalue weighted by molar-refractivity contribution is -0.0154. The summed E-state index contributed by atoms with van der Waals surface area (Å²) in [6.45, 7) is 2.24. The summed E-state index contributed by atoms with van der Waals surface area (Å²) in [6.07, 6.45) is 18.3. The minimum atomic E-state index is 0.371. The molecule has 2 nitrogen and oxygen atoms in total. The molecule has 0 aromatic rings. The van der Waals surface area contributed by atoms with Gasteiger partial charge >= 0.3 is 0 Å². The predicted molar refractivity (Wildman–Crippen MR) is 101 cm³/mol. The average Bonchev–Trinajstić information content (AvgIpc) is 3.21. The second-order valence-corrected chi connectivity index (χ2v) is 8.71. The number of hydrogen-bond donors (Lipinski definition) is 1. The van der Waals surface area contributed by atoms with Crippen LogP contribution in [0.15, 0.2) is 0 Å². The molecule has 1 N–H and O–H groups in total. The van der Waals surface area contributed by atoms with Crippen molar-refractivity contribution in [2.45, 2.75) is 89.9 Å². The molecular formula is C20H37BrO2. The lowest BCUT2D eigenvalue weighted by atomic mass is 9.58. The van der Waals surface area contributed by atoms with Gasteiger partial charge in [0.15, 0.2) is 0 Å². The number of alkyl halides is 1. The molecule has 136 valence electrons. The smallest absolute Gasteiger partial charge is 0.0471 e. The lowest BCUT2D eigenvalue weighted by Gasteiger charge is -2.47. The zero-order valence-corrected chi connectivity index (χ0v) is 16.5. The minimum absolute atomic E-state index is 0.371. The normalized spacial score (nSPS) is 22.7. The summed E-state index contributed by atoms with van der Waals surface area (Å²) in [5.74, 6) is 0. The quantitative estimate of drug-likeness (QED) is 0.335. The highest BCUT2D eigenvalue weighted by Gasteiger charge is 2.52. The Balaban J connectivity index is 1.77. The molecule has 23 heavy (non-hydrogen) atoms. The van der Waals surface area contributed by atoms with Gasteiger partial charge in [-0.15, -0.1) is 0 Å². The van der Waals surface area contributed by atoms with Crippen molar-refractivity contribution in [2.75, 3.05) is 25.2 Å². The van der Waals surface area contributed by atoms with Crippen molar-refractivity contribution in [3.63, 3.8) is 0 Å². The van der Waals surface area contributed by atoms with Gasteiger partial charge < -0.3 is 9.84 Å². The van der Waals surface area contributed by atoms with E-state index in [1.54, 1.807) is 0 Å². The maximum absolute atomic E-state index is 9.64. The summed E-state index contributed by atoms with van der Waals surface area (Å²) in [5.41, 5.74) is 0.902. The van der Waals surface area contributed by atoms with Crippen LogP contribution in [-0.4, -0.2) is 30.3 Å². The van der Waals surface area contributed by atoms with Crippen LogP contribution in [0.4, 0.5) is 0 Å². The molecule has 0 aromatic heterocycles. The van der Waals surface area contributed by atoms with Crippen LogP contribution in [0.5, 0.6) is 0 Å². The molecule has 0 atom stereocenters. The summed E-state index contributed by atoms with van der Waals surface area (Å²) in [7, 11) is 0. The van der Waals surface area contributed by atoms with E-state index in [0.717, 1.165) is 25.0 Å². The number of halogens is 1. The molecule has 0 heterocycles. The summed E-state index contributed by atoms with van der Waals surface area (Å²) in [6, 6.07) is 0. The molecule has 2 saturated carbocycles. The molecule has 0 radical (unpaired) electrons. The molecule has 0 unspecified atom stereocenters. The molecule has 2 rings (SSSR count). The number of unbranched alkanes of at least 4 members (excludes halogenated alkanes) is 3. The monoisotopic (exact) mass is 388 g/mol. The van der Waals surface area contributed by atoms with E-state index in [1.807, 2.05) is 0 Å². The van der Waals surface area contributed by atoms with Crippen LogP contribution in [0, 0.1) is 10.8 Å². The maximum atomic E-state index is 9.64. The first-order chi connectivity index (χ1) is 11.3. The molecule has 2 aliphatic carbocycles. The largest absolute Gasteiger partial charge is 0.396 e. The third-order valence-corrected chi connectivity index (χ3v) is 7.29. The average molecular weight is 389 g/mol. The van der Waals surface area contributed by atoms with Gasteiger partial charge in [0.1, 0.15) is 0 Å². The van der Waals surface area contributed by atoms with Gasteiger partial charge in [0.05, 0.1) is 0 Å². The molecule has 3 heteroatoms. The lowest BCUT2D eigenvalue weighted by Crippen LogP contribution is -2.40. The van der Waals surface area contributed by atoms with Crippen molar-refractivity contribution >= 4 is 15.9 Å². The van der Waals surface area contributed by atoms with E-state index in [9.17, 15) is 5.11 Å². The van der Waals surface area contributed by atoms with Crippen LogP contribution >= 0.6 is 15.9 Å². The number of aliphatic hydroxyl groups is 1. The Morgan fingerprint density at radius 3 is 1.87 bits per heavy atom. The highest BCUT2D eigenvalue weighted by atomic mass is 79.9. The van der Waals surface area contributed by atoms with Crippen LogP contribution in [0.3, 0.4) is 0 Å². The third-order valence-electron chi connectivity index (χ3n) is 6.73. The van der Waals surface area contributed by atoms with Crippen LogP contribution in [0.1, 0.15) is 89.9 Å². The fourth-order valence-corrected chi connectivity index (χ4v) is 5.83. The molecule has 0 aromatic carbocycles. The van der Waals surface area contributed by atoms with Gasteiger partial charge in [0.25, 0.3) is 0 Å². The molecule has 0 saturated heterocycles. The van der Waals surface area contributed by atoms with Gasteiger partial charge in [-0.2, -0.15) is 0 Å². The molecule has 0 bridgehead atoms. The van der Waals surface area contributed by atoms with E-state index in [-0.39, 0.29) is 0 Å². The van der Waals surface area contributed by atoms with Crippen LogP contribution in [-0.2, 0) is 4.74 Å². The number of rotatable bonds is 12. The SMILES string of the molecule is OCCC1(C2(CCOCCCCCCBr)CCCC2)CCCC1. The molecule has 0 spiro atoms. The van der Waals surface area contributed by atoms with E-state index in [1.165, 1.54) is 83.5 Å². The fourth-order valence-electron chi connectivity index (χ4n) is 5.43. The van der Waals surface area contributed by atoms with Crippen LogP contribution < -0.4 is 0 Å². The number of aliphatic hydroxyl groups excluding tert-OH is 1. The minimum Gasteiger partial charge on any atom is -0.396 e. The Hall–Kier alpha value is 0.400. The van der Waals surface area contributed by atoms with Crippen LogP contribution in [0.25, 0.3) is 0 Å². The van der Waals surface area contributed by atoms with Crippen molar-refractivity contribution in [1.29, 1.82) is 0 Å². The molecule has 0 amide bonds. The first-order valence-corrected chi connectivity index (χ1v) is 11.2. The third kappa shape index (κ3) is 5.19. The fraction of sp³-hybridized carbons (Fsp3) is 1.00. The van der Waals surface area contributed by atoms with Crippen molar-refractivity contribution < 1.29 is 9.84 Å². The van der Waals surface area contributed by atoms with Crippen molar-refractivity contribution in [3.8, 4) is 0 Å². The second-order valence-electron chi connectivity index (χ2n) is 7.91. The Morgan fingerprint density at radius 1 is 0.739 bits per heavy atom. The standard InChI is InChI=1S/C20H37BrO2/c21-15-7-1-2-8-17-23-18-14-20(11-5-6-12-20)19(13-16-22)9-3-4-10-19/h22H,1-18H2. The first kappa shape index (κ1) is 19.7. The second kappa shape index (κ2) is 10.4. The molecule has 0 aliphatic heterocycles. The number of ether oxygens (including phenoxy) is 1. The van der Waals surface area contributed by atoms with Gasteiger partial charge in [0, 0.05) is 25.2 Å². The highest BCUT2D eigenvalue weighted by molar-refractivity contribution is 9.09. The highest BCUT2D eigenvalue weighted by Crippen LogP contribution is 2.62. The van der Waals surface area contributed by atoms with Crippen molar-refractivity contribution in [3.05, 3.63) is 0 Å². The van der Waals surface area contributed by atoms with Gasteiger partial charge in [-0.1, -0.05) is 54.5 Å². The topological polar surface area (TPSA) is 29.5 Å². The van der Waals surface area contributed by atoms with Gasteiger partial charge in [0.2, 0.25) is 0 Å². The van der Waals surface area contributed by atoms with Gasteiger partial charge in [-0.25, -0.2) is 0 Å². The Kier molecular flexibility index (Phi) is 8.92. The van der Waals surface area contributed by atoms with Crippen molar-refractivity contribution in [1.82, 2.24) is 0 Å². The van der Waals surface area contributed by atoms with E-state index in [0.29, 0.717) is 17.4 Å². The first-order valence-electron chi connectivity index (χ1n) is 10.0. The summed E-state index contributed by atoms with van der Waals surface area (Å²) in [4.78, 5) is 0. The summed E-state index contributed by atoms with van der Waals surface area (Å²) >= 11 is 3.49. The summed E-state index contributed by atoms with van der Waals surface area (Å²) < 4.78 is 6.01. The van der Waals surface area contributed by atoms with Gasteiger partial charge in [-0.3, -0.25) is 0 Å². The predicted octanol–water partition coefficient (Wildman–Crippen LogP) is 5.85. The molecule has 2 aliphatic rings. The maximum Gasteiger partial charge on any atom is 0.0471 e. The van der Waals surface area contributed by atoms with E-state index in [2.05, 4.69) is 15.9 Å². The summed E-state index contributed by atoms with van der Waals surface area (Å²) in [5, 5.41) is 10.8. The van der Waals surface area contributed by atoms with E-state index < -0.39 is 0 Å². The van der Waals surface area contributed by atoms with E-state index >= 15 is 0 Å². The molecular weight excluding hydrogens is 352 g/mol. The Labute approximate surface area is 151 Å². The van der Waals surface area contributed by atoms with Crippen molar-refractivity contribution in [2.24, 2.45) is 10.8 Å².